The SMILES string of the molecule is CCNC(=NCC1(CC)CCCC1)NCC1(O)CCC1.I. The highest BCUT2D eigenvalue weighted by atomic mass is 127. The van der Waals surface area contributed by atoms with Crippen LogP contribution >= 0.6 is 24.0 Å². The summed E-state index contributed by atoms with van der Waals surface area (Å²) in [6, 6.07) is 0. The number of nitrogens with zero attached hydrogens (tertiary/aromatic N) is 1. The van der Waals surface area contributed by atoms with Gasteiger partial charge < -0.3 is 15.7 Å². The smallest absolute Gasteiger partial charge is 0.191 e. The maximum atomic E-state index is 10.2. The van der Waals surface area contributed by atoms with Crippen molar-refractivity contribution in [2.75, 3.05) is 19.6 Å². The molecule has 0 radical (unpaired) electrons. The van der Waals surface area contributed by atoms with E-state index in [0.29, 0.717) is 12.0 Å². The number of guanidine groups is 1. The lowest BCUT2D eigenvalue weighted by Crippen LogP contribution is -2.50. The standard InChI is InChI=1S/C16H31N3O.HI/c1-3-15(8-5-6-9-15)12-18-14(17-4-2)19-13-16(20)10-7-11-16;/h20H,3-13H2,1-2H3,(H2,17,18,19);1H. The molecule has 2 fully saturated rings. The molecule has 0 aliphatic heterocycles. The minimum Gasteiger partial charge on any atom is -0.388 e. The lowest BCUT2D eigenvalue weighted by Gasteiger charge is -2.37. The number of hydrogen-bond donors (Lipinski definition) is 3. The van der Waals surface area contributed by atoms with E-state index in [0.717, 1.165) is 38.3 Å². The lowest BCUT2D eigenvalue weighted by atomic mass is 9.80. The summed E-state index contributed by atoms with van der Waals surface area (Å²) in [5, 5.41) is 16.8. The van der Waals surface area contributed by atoms with Gasteiger partial charge in [0.15, 0.2) is 5.96 Å². The van der Waals surface area contributed by atoms with Gasteiger partial charge in [-0.25, -0.2) is 0 Å². The first-order valence-electron chi connectivity index (χ1n) is 8.36. The third-order valence-electron chi connectivity index (χ3n) is 5.20. The molecule has 2 rings (SSSR count). The Labute approximate surface area is 146 Å². The number of aliphatic hydroxyl groups is 1. The molecule has 3 N–H and O–H groups in total. The molecule has 0 aromatic rings. The van der Waals surface area contributed by atoms with Crippen LogP contribution in [0.4, 0.5) is 0 Å². The summed E-state index contributed by atoms with van der Waals surface area (Å²) in [4.78, 5) is 4.78. The molecule has 0 heterocycles. The Bertz CT molecular complexity index is 336. The van der Waals surface area contributed by atoms with E-state index in [2.05, 4.69) is 24.5 Å². The molecule has 0 aromatic heterocycles. The average molecular weight is 409 g/mol. The molecule has 0 atom stereocenters. The maximum Gasteiger partial charge on any atom is 0.191 e. The van der Waals surface area contributed by atoms with Gasteiger partial charge in [0.05, 0.1) is 5.60 Å². The van der Waals surface area contributed by atoms with Crippen LogP contribution in [-0.2, 0) is 0 Å². The third kappa shape index (κ3) is 5.27. The first-order chi connectivity index (χ1) is 9.61. The summed E-state index contributed by atoms with van der Waals surface area (Å²) in [5.41, 5.74) is -0.0677. The second kappa shape index (κ2) is 8.56. The number of halogens is 1. The molecule has 4 nitrogen and oxygen atoms in total. The highest BCUT2D eigenvalue weighted by molar-refractivity contribution is 14.0. The molecule has 2 aliphatic rings. The van der Waals surface area contributed by atoms with Gasteiger partial charge in [0.25, 0.3) is 0 Å². The van der Waals surface area contributed by atoms with Crippen LogP contribution < -0.4 is 10.6 Å². The van der Waals surface area contributed by atoms with E-state index in [1.165, 1.54) is 32.1 Å². The van der Waals surface area contributed by atoms with Crippen LogP contribution in [0.3, 0.4) is 0 Å². The van der Waals surface area contributed by atoms with Crippen molar-refractivity contribution in [3.63, 3.8) is 0 Å². The van der Waals surface area contributed by atoms with Crippen LogP contribution in [0, 0.1) is 5.41 Å². The van der Waals surface area contributed by atoms with E-state index in [-0.39, 0.29) is 24.0 Å². The summed E-state index contributed by atoms with van der Waals surface area (Å²) >= 11 is 0. The van der Waals surface area contributed by atoms with Crippen molar-refractivity contribution >= 4 is 29.9 Å². The number of aliphatic imine (C=N–C) groups is 1. The Morgan fingerprint density at radius 2 is 1.71 bits per heavy atom. The van der Waals surface area contributed by atoms with E-state index in [1.807, 2.05) is 0 Å². The first-order valence-corrected chi connectivity index (χ1v) is 8.36. The van der Waals surface area contributed by atoms with Crippen molar-refractivity contribution in [1.82, 2.24) is 10.6 Å². The minimum atomic E-state index is -0.494. The number of nitrogens with one attached hydrogen (secondary N) is 2. The Kier molecular flexibility index (Phi) is 7.74. The molecule has 0 spiro atoms. The zero-order chi connectivity index (χ0) is 14.5. The van der Waals surface area contributed by atoms with Gasteiger partial charge in [-0.05, 0) is 50.9 Å². The van der Waals surface area contributed by atoms with E-state index >= 15 is 0 Å². The highest BCUT2D eigenvalue weighted by Gasteiger charge is 2.34. The van der Waals surface area contributed by atoms with Gasteiger partial charge in [0.1, 0.15) is 0 Å². The zero-order valence-electron chi connectivity index (χ0n) is 13.6. The van der Waals surface area contributed by atoms with Crippen molar-refractivity contribution in [3.05, 3.63) is 0 Å². The molecule has 124 valence electrons. The van der Waals surface area contributed by atoms with E-state index in [4.69, 9.17) is 4.99 Å². The Morgan fingerprint density at radius 1 is 1.05 bits per heavy atom. The molecule has 0 unspecified atom stereocenters. The van der Waals surface area contributed by atoms with Crippen molar-refractivity contribution in [3.8, 4) is 0 Å². The number of rotatable bonds is 6. The topological polar surface area (TPSA) is 56.7 Å². The normalized spacial score (nSPS) is 23.1. The van der Waals surface area contributed by atoms with Crippen molar-refractivity contribution in [2.45, 2.75) is 70.8 Å². The van der Waals surface area contributed by atoms with Crippen molar-refractivity contribution < 1.29 is 5.11 Å². The molecule has 21 heavy (non-hydrogen) atoms. The fourth-order valence-electron chi connectivity index (χ4n) is 3.35. The Morgan fingerprint density at radius 3 is 2.19 bits per heavy atom. The van der Waals surface area contributed by atoms with Crippen LogP contribution in [0.15, 0.2) is 4.99 Å². The highest BCUT2D eigenvalue weighted by Crippen LogP contribution is 2.41. The van der Waals surface area contributed by atoms with Crippen molar-refractivity contribution in [1.29, 1.82) is 0 Å². The molecule has 0 aromatic carbocycles. The number of hydrogen-bond acceptors (Lipinski definition) is 2. The first kappa shape index (κ1) is 19.0. The summed E-state index contributed by atoms with van der Waals surface area (Å²) in [6.07, 6.45) is 9.54. The van der Waals surface area contributed by atoms with Crippen LogP contribution in [0.25, 0.3) is 0 Å². The molecule has 2 saturated carbocycles. The fourth-order valence-corrected chi connectivity index (χ4v) is 3.35. The summed E-state index contributed by atoms with van der Waals surface area (Å²) in [5.74, 6) is 0.868. The fraction of sp³-hybridized carbons (Fsp3) is 0.938. The Hall–Kier alpha value is -0.0400. The van der Waals surface area contributed by atoms with E-state index in [1.54, 1.807) is 0 Å². The molecule has 0 bridgehead atoms. The van der Waals surface area contributed by atoms with Gasteiger partial charge in [0, 0.05) is 19.6 Å². The van der Waals surface area contributed by atoms with Gasteiger partial charge in [0.2, 0.25) is 0 Å². The lowest BCUT2D eigenvalue weighted by molar-refractivity contribution is -0.0279. The largest absolute Gasteiger partial charge is 0.388 e. The van der Waals surface area contributed by atoms with Crippen LogP contribution in [0.2, 0.25) is 0 Å². The minimum absolute atomic E-state index is 0. The molecular weight excluding hydrogens is 377 g/mol. The van der Waals surface area contributed by atoms with E-state index in [9.17, 15) is 5.11 Å². The van der Waals surface area contributed by atoms with Gasteiger partial charge >= 0.3 is 0 Å². The molecule has 2 aliphatic carbocycles. The monoisotopic (exact) mass is 409 g/mol. The van der Waals surface area contributed by atoms with Crippen LogP contribution in [-0.4, -0.2) is 36.3 Å². The second-order valence-corrected chi connectivity index (χ2v) is 6.69. The van der Waals surface area contributed by atoms with Crippen molar-refractivity contribution in [2.24, 2.45) is 10.4 Å². The Balaban J connectivity index is 0.00000220. The molecule has 0 saturated heterocycles. The van der Waals surface area contributed by atoms with E-state index < -0.39 is 5.60 Å². The maximum absolute atomic E-state index is 10.2. The van der Waals surface area contributed by atoms with Gasteiger partial charge in [-0.1, -0.05) is 19.8 Å². The molecular formula is C16H32IN3O. The molecule has 5 heteroatoms. The van der Waals surface area contributed by atoms with Gasteiger partial charge in [-0.3, -0.25) is 4.99 Å². The second-order valence-electron chi connectivity index (χ2n) is 6.69. The summed E-state index contributed by atoms with van der Waals surface area (Å²) < 4.78 is 0. The van der Waals surface area contributed by atoms with Gasteiger partial charge in [-0.2, -0.15) is 0 Å². The quantitative estimate of drug-likeness (QED) is 0.359. The van der Waals surface area contributed by atoms with Crippen LogP contribution in [0.1, 0.15) is 65.2 Å². The van der Waals surface area contributed by atoms with Gasteiger partial charge in [-0.15, -0.1) is 24.0 Å². The summed E-state index contributed by atoms with van der Waals surface area (Å²) in [6.45, 7) is 6.78. The zero-order valence-corrected chi connectivity index (χ0v) is 15.9. The van der Waals surface area contributed by atoms with Crippen LogP contribution in [0.5, 0.6) is 0 Å². The predicted octanol–water partition coefficient (Wildman–Crippen LogP) is 3.04. The third-order valence-corrected chi connectivity index (χ3v) is 5.20. The predicted molar refractivity (Wildman–Crippen MR) is 99.4 cm³/mol. The molecule has 0 amide bonds. The summed E-state index contributed by atoms with van der Waals surface area (Å²) in [7, 11) is 0. The average Bonchev–Trinajstić information content (AvgIpc) is 2.89.